The van der Waals surface area contributed by atoms with Crippen molar-refractivity contribution in [1.82, 2.24) is 0 Å². The second kappa shape index (κ2) is 3.37. The third kappa shape index (κ3) is 2.22. The standard InChI is InChI=1S/C9H12O2/c1-3-8(7-5-6-7)11-9(10)4-2/h3-4,7-8H,1-2,5-6H2. The summed E-state index contributed by atoms with van der Waals surface area (Å²) < 4.78 is 5.00. The molecule has 0 amide bonds. The third-order valence-electron chi connectivity index (χ3n) is 1.74. The van der Waals surface area contributed by atoms with E-state index in [9.17, 15) is 4.79 Å². The average molecular weight is 152 g/mol. The first kappa shape index (κ1) is 8.05. The second-order valence-corrected chi connectivity index (χ2v) is 2.68. The molecule has 0 aliphatic heterocycles. The summed E-state index contributed by atoms with van der Waals surface area (Å²) in [6, 6.07) is 0. The number of carbonyl (C=O) groups excluding carboxylic acids is 1. The van der Waals surface area contributed by atoms with E-state index in [1.807, 2.05) is 0 Å². The van der Waals surface area contributed by atoms with Crippen LogP contribution in [0.3, 0.4) is 0 Å². The maximum absolute atomic E-state index is 10.7. The van der Waals surface area contributed by atoms with E-state index >= 15 is 0 Å². The molecule has 0 N–H and O–H groups in total. The maximum atomic E-state index is 10.7. The van der Waals surface area contributed by atoms with Gasteiger partial charge in [0.15, 0.2) is 0 Å². The summed E-state index contributed by atoms with van der Waals surface area (Å²) >= 11 is 0. The molecule has 1 fully saturated rings. The minimum Gasteiger partial charge on any atom is -0.455 e. The summed E-state index contributed by atoms with van der Waals surface area (Å²) in [5, 5.41) is 0. The Morgan fingerprint density at radius 2 is 2.18 bits per heavy atom. The Kier molecular flexibility index (Phi) is 2.47. The Hall–Kier alpha value is -1.05. The highest BCUT2D eigenvalue weighted by Crippen LogP contribution is 2.34. The molecule has 2 heteroatoms. The summed E-state index contributed by atoms with van der Waals surface area (Å²) in [5.41, 5.74) is 0. The fraction of sp³-hybridized carbons (Fsp3) is 0.444. The van der Waals surface area contributed by atoms with Gasteiger partial charge >= 0.3 is 5.97 Å². The fourth-order valence-electron chi connectivity index (χ4n) is 0.944. The Bertz CT molecular complexity index is 180. The van der Waals surface area contributed by atoms with Gasteiger partial charge in [-0.25, -0.2) is 4.79 Å². The van der Waals surface area contributed by atoms with Gasteiger partial charge in [0.25, 0.3) is 0 Å². The van der Waals surface area contributed by atoms with E-state index in [4.69, 9.17) is 4.74 Å². The normalized spacial score (nSPS) is 18.5. The molecule has 0 radical (unpaired) electrons. The fourth-order valence-corrected chi connectivity index (χ4v) is 0.944. The van der Waals surface area contributed by atoms with Crippen molar-refractivity contribution in [3.05, 3.63) is 25.3 Å². The largest absolute Gasteiger partial charge is 0.455 e. The van der Waals surface area contributed by atoms with E-state index < -0.39 is 0 Å². The van der Waals surface area contributed by atoms with Crippen molar-refractivity contribution >= 4 is 5.97 Å². The van der Waals surface area contributed by atoms with Crippen LogP contribution >= 0.6 is 0 Å². The molecule has 1 aliphatic carbocycles. The molecule has 0 aromatic heterocycles. The molecular weight excluding hydrogens is 140 g/mol. The van der Waals surface area contributed by atoms with Gasteiger partial charge in [0.2, 0.25) is 0 Å². The van der Waals surface area contributed by atoms with Crippen LogP contribution in [0.5, 0.6) is 0 Å². The van der Waals surface area contributed by atoms with Gasteiger partial charge in [0.05, 0.1) is 0 Å². The molecule has 1 atom stereocenters. The van der Waals surface area contributed by atoms with Gasteiger partial charge in [-0.2, -0.15) is 0 Å². The number of rotatable bonds is 4. The monoisotopic (exact) mass is 152 g/mol. The van der Waals surface area contributed by atoms with Crippen LogP contribution in [0, 0.1) is 5.92 Å². The lowest BCUT2D eigenvalue weighted by Gasteiger charge is -2.10. The first-order valence-electron chi connectivity index (χ1n) is 3.73. The van der Waals surface area contributed by atoms with Gasteiger partial charge in [-0.1, -0.05) is 19.2 Å². The van der Waals surface area contributed by atoms with Crippen LogP contribution in [0.1, 0.15) is 12.8 Å². The smallest absolute Gasteiger partial charge is 0.330 e. The van der Waals surface area contributed by atoms with Crippen molar-refractivity contribution in [2.24, 2.45) is 5.92 Å². The Morgan fingerprint density at radius 1 is 1.55 bits per heavy atom. The molecule has 11 heavy (non-hydrogen) atoms. The zero-order chi connectivity index (χ0) is 8.27. The molecule has 0 bridgehead atoms. The Balaban J connectivity index is 2.36. The quantitative estimate of drug-likeness (QED) is 0.348. The van der Waals surface area contributed by atoms with Crippen molar-refractivity contribution in [1.29, 1.82) is 0 Å². The molecular formula is C9H12O2. The predicted octanol–water partition coefficient (Wildman–Crippen LogP) is 1.68. The maximum Gasteiger partial charge on any atom is 0.330 e. The van der Waals surface area contributed by atoms with E-state index in [1.165, 1.54) is 6.08 Å². The van der Waals surface area contributed by atoms with Crippen molar-refractivity contribution in [3.63, 3.8) is 0 Å². The predicted molar refractivity (Wildman–Crippen MR) is 43.0 cm³/mol. The minimum absolute atomic E-state index is 0.0968. The van der Waals surface area contributed by atoms with Gasteiger partial charge in [0.1, 0.15) is 6.10 Å². The van der Waals surface area contributed by atoms with Gasteiger partial charge in [0, 0.05) is 6.08 Å². The molecule has 2 nitrogen and oxygen atoms in total. The lowest BCUT2D eigenvalue weighted by molar-refractivity contribution is -0.141. The average Bonchev–Trinajstić information content (AvgIpc) is 2.82. The van der Waals surface area contributed by atoms with E-state index in [0.29, 0.717) is 5.92 Å². The van der Waals surface area contributed by atoms with Crippen LogP contribution in [-0.2, 0) is 9.53 Å². The highest BCUT2D eigenvalue weighted by Gasteiger charge is 2.31. The summed E-state index contributed by atoms with van der Waals surface area (Å²) in [6.07, 6.45) is 5.04. The van der Waals surface area contributed by atoms with Crippen LogP contribution in [0.2, 0.25) is 0 Å². The van der Waals surface area contributed by atoms with Gasteiger partial charge in [-0.3, -0.25) is 0 Å². The molecule has 0 heterocycles. The first-order chi connectivity index (χ1) is 5.27. The van der Waals surface area contributed by atoms with Crippen molar-refractivity contribution in [3.8, 4) is 0 Å². The second-order valence-electron chi connectivity index (χ2n) is 2.68. The molecule has 0 saturated heterocycles. The number of hydrogen-bond acceptors (Lipinski definition) is 2. The molecule has 0 aromatic rings. The molecule has 0 spiro atoms. The molecule has 1 rings (SSSR count). The highest BCUT2D eigenvalue weighted by atomic mass is 16.5. The summed E-state index contributed by atoms with van der Waals surface area (Å²) in [5.74, 6) is 0.151. The van der Waals surface area contributed by atoms with Crippen LogP contribution in [-0.4, -0.2) is 12.1 Å². The van der Waals surface area contributed by atoms with E-state index in [1.54, 1.807) is 6.08 Å². The Labute approximate surface area is 66.5 Å². The van der Waals surface area contributed by atoms with Crippen molar-refractivity contribution < 1.29 is 9.53 Å². The van der Waals surface area contributed by atoms with Gasteiger partial charge in [-0.15, -0.1) is 0 Å². The van der Waals surface area contributed by atoms with E-state index in [-0.39, 0.29) is 12.1 Å². The summed E-state index contributed by atoms with van der Waals surface area (Å²) in [7, 11) is 0. The highest BCUT2D eigenvalue weighted by molar-refractivity contribution is 5.81. The SMILES string of the molecule is C=CC(=O)OC(C=C)C1CC1. The number of hydrogen-bond donors (Lipinski definition) is 0. The minimum atomic E-state index is -0.359. The van der Waals surface area contributed by atoms with E-state index in [0.717, 1.165) is 12.8 Å². The number of carbonyl (C=O) groups is 1. The number of ether oxygens (including phenoxy) is 1. The molecule has 1 aliphatic rings. The van der Waals surface area contributed by atoms with Crippen LogP contribution in [0.15, 0.2) is 25.3 Å². The molecule has 60 valence electrons. The number of esters is 1. The lowest BCUT2D eigenvalue weighted by Crippen LogP contribution is -2.15. The van der Waals surface area contributed by atoms with E-state index in [2.05, 4.69) is 13.2 Å². The summed E-state index contributed by atoms with van der Waals surface area (Å²) in [6.45, 7) is 6.92. The Morgan fingerprint density at radius 3 is 2.55 bits per heavy atom. The topological polar surface area (TPSA) is 26.3 Å². The zero-order valence-electron chi connectivity index (χ0n) is 6.45. The lowest BCUT2D eigenvalue weighted by atomic mass is 10.2. The molecule has 1 saturated carbocycles. The van der Waals surface area contributed by atoms with Crippen LogP contribution in [0.25, 0.3) is 0 Å². The van der Waals surface area contributed by atoms with Gasteiger partial charge in [-0.05, 0) is 18.8 Å². The first-order valence-corrected chi connectivity index (χ1v) is 3.73. The van der Waals surface area contributed by atoms with Crippen molar-refractivity contribution in [2.45, 2.75) is 18.9 Å². The molecule has 1 unspecified atom stereocenters. The van der Waals surface area contributed by atoms with Crippen LogP contribution < -0.4 is 0 Å². The summed E-state index contributed by atoms with van der Waals surface area (Å²) in [4.78, 5) is 10.7. The molecule has 0 aromatic carbocycles. The van der Waals surface area contributed by atoms with Crippen molar-refractivity contribution in [2.75, 3.05) is 0 Å². The van der Waals surface area contributed by atoms with Gasteiger partial charge < -0.3 is 4.74 Å². The third-order valence-corrected chi connectivity index (χ3v) is 1.74. The van der Waals surface area contributed by atoms with Crippen LogP contribution in [0.4, 0.5) is 0 Å². The zero-order valence-corrected chi connectivity index (χ0v) is 6.45.